The highest BCUT2D eigenvalue weighted by atomic mass is 16.4. The zero-order chi connectivity index (χ0) is 11.6. The van der Waals surface area contributed by atoms with Crippen LogP contribution in [0, 0.1) is 11.8 Å². The van der Waals surface area contributed by atoms with Gasteiger partial charge >= 0.3 is 5.97 Å². The number of nitrogens with one attached hydrogen (secondary N) is 1. The van der Waals surface area contributed by atoms with E-state index in [-0.39, 0.29) is 17.9 Å². The maximum absolute atomic E-state index is 11.8. The Labute approximate surface area is 89.4 Å². The van der Waals surface area contributed by atoms with E-state index in [0.29, 0.717) is 13.1 Å². The predicted octanol–water partition coefficient (Wildman–Crippen LogP) is -0.227. The molecule has 0 aromatic heterocycles. The summed E-state index contributed by atoms with van der Waals surface area (Å²) in [6.07, 6.45) is 0. The van der Waals surface area contributed by atoms with Gasteiger partial charge in [-0.05, 0) is 19.9 Å². The van der Waals surface area contributed by atoms with Gasteiger partial charge in [-0.2, -0.15) is 0 Å². The number of carbonyl (C=O) groups is 2. The fourth-order valence-corrected chi connectivity index (χ4v) is 1.87. The second-order valence-electron chi connectivity index (χ2n) is 4.18. The van der Waals surface area contributed by atoms with Crippen LogP contribution in [0.2, 0.25) is 0 Å². The Morgan fingerprint density at radius 3 is 2.47 bits per heavy atom. The molecule has 0 bridgehead atoms. The number of aliphatic carboxylic acids is 1. The summed E-state index contributed by atoms with van der Waals surface area (Å²) >= 11 is 0. The van der Waals surface area contributed by atoms with Crippen LogP contribution in [0.1, 0.15) is 13.8 Å². The average molecular weight is 214 g/mol. The minimum atomic E-state index is -0.810. The van der Waals surface area contributed by atoms with Crippen LogP contribution in [-0.2, 0) is 9.59 Å². The number of rotatable bonds is 3. The molecule has 5 heteroatoms. The van der Waals surface area contributed by atoms with Gasteiger partial charge in [-0.1, -0.05) is 6.92 Å². The highest BCUT2D eigenvalue weighted by Gasteiger charge is 2.37. The number of nitrogens with zero attached hydrogens (tertiary/aromatic N) is 1. The predicted molar refractivity (Wildman–Crippen MR) is 55.4 cm³/mol. The Kier molecular flexibility index (Phi) is 3.68. The van der Waals surface area contributed by atoms with E-state index in [0.717, 1.165) is 0 Å². The normalized spacial score (nSPS) is 27.8. The van der Waals surface area contributed by atoms with Crippen LogP contribution in [0.3, 0.4) is 0 Å². The summed E-state index contributed by atoms with van der Waals surface area (Å²) in [4.78, 5) is 24.3. The van der Waals surface area contributed by atoms with Crippen LogP contribution in [0.4, 0.5) is 0 Å². The molecule has 0 aliphatic carbocycles. The number of hydrogen-bond acceptors (Lipinski definition) is 3. The van der Waals surface area contributed by atoms with E-state index in [2.05, 4.69) is 5.32 Å². The molecule has 1 unspecified atom stereocenters. The van der Waals surface area contributed by atoms with Crippen molar-refractivity contribution in [3.05, 3.63) is 0 Å². The number of hydrogen-bond donors (Lipinski definition) is 2. The summed E-state index contributed by atoms with van der Waals surface area (Å²) in [5.74, 6) is -1.21. The molecule has 2 N–H and O–H groups in total. The van der Waals surface area contributed by atoms with E-state index in [1.807, 2.05) is 6.92 Å². The van der Waals surface area contributed by atoms with Crippen molar-refractivity contribution in [2.45, 2.75) is 19.9 Å². The molecule has 0 spiro atoms. The van der Waals surface area contributed by atoms with Gasteiger partial charge in [0.15, 0.2) is 0 Å². The first-order valence-corrected chi connectivity index (χ1v) is 5.16. The number of carbonyl (C=O) groups excluding carboxylic acids is 1. The van der Waals surface area contributed by atoms with Crippen molar-refractivity contribution < 1.29 is 14.7 Å². The van der Waals surface area contributed by atoms with E-state index in [1.165, 1.54) is 0 Å². The van der Waals surface area contributed by atoms with E-state index < -0.39 is 11.9 Å². The lowest BCUT2D eigenvalue weighted by atomic mass is 9.99. The quantitative estimate of drug-likeness (QED) is 0.681. The summed E-state index contributed by atoms with van der Waals surface area (Å²) in [5, 5.41) is 11.8. The molecule has 1 aliphatic heterocycles. The number of carboxylic acids is 1. The molecule has 1 saturated heterocycles. The fourth-order valence-electron chi connectivity index (χ4n) is 1.87. The second-order valence-corrected chi connectivity index (χ2v) is 4.18. The molecule has 1 fully saturated rings. The van der Waals surface area contributed by atoms with Crippen LogP contribution in [0.5, 0.6) is 0 Å². The van der Waals surface area contributed by atoms with Gasteiger partial charge in [0, 0.05) is 13.1 Å². The molecule has 5 nitrogen and oxygen atoms in total. The fraction of sp³-hybridized carbons (Fsp3) is 0.800. The van der Waals surface area contributed by atoms with Crippen LogP contribution in [-0.4, -0.2) is 48.1 Å². The van der Waals surface area contributed by atoms with Crippen molar-refractivity contribution in [3.63, 3.8) is 0 Å². The summed E-state index contributed by atoms with van der Waals surface area (Å²) in [5.41, 5.74) is 0. The van der Waals surface area contributed by atoms with Crippen molar-refractivity contribution in [2.75, 3.05) is 20.1 Å². The first-order valence-electron chi connectivity index (χ1n) is 5.16. The first kappa shape index (κ1) is 12.0. The minimum absolute atomic E-state index is 0.0203. The smallest absolute Gasteiger partial charge is 0.308 e. The summed E-state index contributed by atoms with van der Waals surface area (Å²) < 4.78 is 0. The molecule has 1 rings (SSSR count). The van der Waals surface area contributed by atoms with Crippen molar-refractivity contribution in [1.82, 2.24) is 10.2 Å². The van der Waals surface area contributed by atoms with Crippen molar-refractivity contribution in [2.24, 2.45) is 11.8 Å². The third-order valence-corrected chi connectivity index (χ3v) is 3.04. The Bertz CT molecular complexity index is 267. The standard InChI is InChI=1S/C10H18N2O3/c1-6-4-12(5-8(6)10(14)15)9(13)7(2)11-3/h6-8,11H,4-5H2,1-3H3,(H,14,15)/t6-,7?,8-/m1/s1. The van der Waals surface area contributed by atoms with Gasteiger partial charge in [0.1, 0.15) is 0 Å². The van der Waals surface area contributed by atoms with Gasteiger partial charge in [0.05, 0.1) is 12.0 Å². The molecule has 1 heterocycles. The second kappa shape index (κ2) is 4.61. The van der Waals surface area contributed by atoms with E-state index in [9.17, 15) is 9.59 Å². The summed E-state index contributed by atoms with van der Waals surface area (Å²) in [7, 11) is 1.72. The van der Waals surface area contributed by atoms with E-state index in [4.69, 9.17) is 5.11 Å². The van der Waals surface area contributed by atoms with Crippen LogP contribution in [0.15, 0.2) is 0 Å². The Hall–Kier alpha value is -1.10. The Morgan fingerprint density at radius 1 is 1.47 bits per heavy atom. The number of amides is 1. The van der Waals surface area contributed by atoms with Crippen LogP contribution >= 0.6 is 0 Å². The molecule has 0 saturated carbocycles. The molecule has 3 atom stereocenters. The molecule has 15 heavy (non-hydrogen) atoms. The third kappa shape index (κ3) is 2.47. The zero-order valence-electron chi connectivity index (χ0n) is 9.36. The zero-order valence-corrected chi connectivity index (χ0v) is 9.36. The van der Waals surface area contributed by atoms with Crippen LogP contribution in [0.25, 0.3) is 0 Å². The maximum atomic E-state index is 11.8. The maximum Gasteiger partial charge on any atom is 0.308 e. The highest BCUT2D eigenvalue weighted by Crippen LogP contribution is 2.23. The highest BCUT2D eigenvalue weighted by molar-refractivity contribution is 5.83. The minimum Gasteiger partial charge on any atom is -0.481 e. The van der Waals surface area contributed by atoms with Gasteiger partial charge in [-0.25, -0.2) is 0 Å². The average Bonchev–Trinajstić information content (AvgIpc) is 2.58. The van der Waals surface area contributed by atoms with Gasteiger partial charge < -0.3 is 15.3 Å². The summed E-state index contributed by atoms with van der Waals surface area (Å²) in [6, 6.07) is -0.246. The molecule has 0 aromatic carbocycles. The largest absolute Gasteiger partial charge is 0.481 e. The van der Waals surface area contributed by atoms with Crippen molar-refractivity contribution in [1.29, 1.82) is 0 Å². The molecule has 0 radical (unpaired) electrons. The third-order valence-electron chi connectivity index (χ3n) is 3.04. The lowest BCUT2D eigenvalue weighted by Crippen LogP contribution is -2.42. The number of likely N-dealkylation sites (N-methyl/N-ethyl adjacent to an activating group) is 1. The van der Waals surface area contributed by atoms with E-state index >= 15 is 0 Å². The van der Waals surface area contributed by atoms with Crippen molar-refractivity contribution in [3.8, 4) is 0 Å². The molecule has 1 amide bonds. The van der Waals surface area contributed by atoms with Gasteiger partial charge in [-0.3, -0.25) is 9.59 Å². The van der Waals surface area contributed by atoms with Crippen LogP contribution < -0.4 is 5.32 Å². The lowest BCUT2D eigenvalue weighted by Gasteiger charge is -2.20. The topological polar surface area (TPSA) is 69.6 Å². The SMILES string of the molecule is CNC(C)C(=O)N1C[C@@H](C)[C@H](C(=O)O)C1. The molecular formula is C10H18N2O3. The van der Waals surface area contributed by atoms with Gasteiger partial charge in [0.25, 0.3) is 0 Å². The number of likely N-dealkylation sites (tertiary alicyclic amines) is 1. The van der Waals surface area contributed by atoms with Gasteiger partial charge in [0.2, 0.25) is 5.91 Å². The molecular weight excluding hydrogens is 196 g/mol. The van der Waals surface area contributed by atoms with E-state index in [1.54, 1.807) is 18.9 Å². The Balaban J connectivity index is 2.62. The van der Waals surface area contributed by atoms with Gasteiger partial charge in [-0.15, -0.1) is 0 Å². The lowest BCUT2D eigenvalue weighted by molar-refractivity contribution is -0.142. The first-order chi connectivity index (χ1) is 6.97. The number of carboxylic acid groups (broad SMARTS) is 1. The molecule has 1 aliphatic rings. The summed E-state index contributed by atoms with van der Waals surface area (Å²) in [6.45, 7) is 4.53. The Morgan fingerprint density at radius 2 is 2.07 bits per heavy atom. The molecule has 86 valence electrons. The molecule has 0 aromatic rings. The van der Waals surface area contributed by atoms with Crippen molar-refractivity contribution >= 4 is 11.9 Å². The monoisotopic (exact) mass is 214 g/mol.